The van der Waals surface area contributed by atoms with Crippen molar-refractivity contribution in [2.75, 3.05) is 6.67 Å². The average Bonchev–Trinajstić information content (AvgIpc) is 2.54. The first-order chi connectivity index (χ1) is 5.61. The molecule has 1 rings (SSSR count). The van der Waals surface area contributed by atoms with Crippen molar-refractivity contribution in [2.24, 2.45) is 11.7 Å². The maximum atomic E-state index is 12.4. The van der Waals surface area contributed by atoms with E-state index in [1.807, 2.05) is 0 Å². The van der Waals surface area contributed by atoms with Crippen LogP contribution >= 0.6 is 0 Å². The van der Waals surface area contributed by atoms with Gasteiger partial charge in [0, 0.05) is 0 Å². The predicted octanol–water partition coefficient (Wildman–Crippen LogP) is 0.928. The van der Waals surface area contributed by atoms with Crippen molar-refractivity contribution in [1.82, 2.24) is 0 Å². The fourth-order valence-corrected chi connectivity index (χ4v) is 1.78. The molecule has 1 atom stereocenters. The van der Waals surface area contributed by atoms with Crippen molar-refractivity contribution in [3.8, 4) is 0 Å². The topological polar surface area (TPSA) is 63.3 Å². The normalized spacial score (nSPS) is 23.8. The van der Waals surface area contributed by atoms with E-state index in [0.29, 0.717) is 0 Å². The quantitative estimate of drug-likeness (QED) is 0.670. The number of halogens is 1. The highest BCUT2D eigenvalue weighted by molar-refractivity contribution is 5.79. The molecule has 1 fully saturated rings. The highest BCUT2D eigenvalue weighted by Gasteiger charge is 2.43. The molecule has 0 radical (unpaired) electrons. The minimum absolute atomic E-state index is 0.181. The first-order valence-electron chi connectivity index (χ1n) is 4.19. The van der Waals surface area contributed by atoms with E-state index in [-0.39, 0.29) is 5.92 Å². The largest absolute Gasteiger partial charge is 0.480 e. The SMILES string of the molecule is NC(CF)(C(=O)O)C1CCCC1. The Morgan fingerprint density at radius 1 is 1.58 bits per heavy atom. The standard InChI is InChI=1S/C8H14FNO2/c9-5-8(10,7(11)12)6-3-1-2-4-6/h6H,1-5,10H2,(H,11,12). The molecule has 3 nitrogen and oxygen atoms in total. The number of hydrogen-bond donors (Lipinski definition) is 2. The third kappa shape index (κ3) is 1.43. The van der Waals surface area contributed by atoms with Gasteiger partial charge in [0.2, 0.25) is 0 Å². The van der Waals surface area contributed by atoms with Crippen LogP contribution in [0, 0.1) is 5.92 Å². The number of carboxylic acids is 1. The molecule has 1 saturated carbocycles. The molecule has 0 heterocycles. The Morgan fingerprint density at radius 2 is 2.08 bits per heavy atom. The summed E-state index contributed by atoms with van der Waals surface area (Å²) in [5.74, 6) is -1.39. The van der Waals surface area contributed by atoms with E-state index in [1.54, 1.807) is 0 Å². The third-order valence-electron chi connectivity index (χ3n) is 2.70. The van der Waals surface area contributed by atoms with E-state index in [1.165, 1.54) is 0 Å². The predicted molar refractivity (Wildman–Crippen MR) is 42.5 cm³/mol. The summed E-state index contributed by atoms with van der Waals surface area (Å²) in [6.07, 6.45) is 3.42. The average molecular weight is 175 g/mol. The molecule has 1 unspecified atom stereocenters. The second kappa shape index (κ2) is 3.39. The Bertz CT molecular complexity index is 180. The van der Waals surface area contributed by atoms with Crippen molar-refractivity contribution < 1.29 is 14.3 Å². The monoisotopic (exact) mass is 175 g/mol. The summed E-state index contributed by atoms with van der Waals surface area (Å²) in [4.78, 5) is 10.7. The van der Waals surface area contributed by atoms with Crippen LogP contribution in [0.4, 0.5) is 4.39 Å². The molecule has 70 valence electrons. The second-order valence-electron chi connectivity index (χ2n) is 3.46. The zero-order chi connectivity index (χ0) is 9.19. The van der Waals surface area contributed by atoms with Crippen LogP contribution < -0.4 is 5.73 Å². The molecule has 12 heavy (non-hydrogen) atoms. The molecule has 0 spiro atoms. The Balaban J connectivity index is 2.70. The van der Waals surface area contributed by atoms with E-state index in [2.05, 4.69) is 0 Å². The van der Waals surface area contributed by atoms with Crippen LogP contribution in [0.25, 0.3) is 0 Å². The molecule has 0 aromatic rings. The minimum Gasteiger partial charge on any atom is -0.480 e. The number of nitrogens with two attached hydrogens (primary N) is 1. The van der Waals surface area contributed by atoms with Gasteiger partial charge >= 0.3 is 5.97 Å². The smallest absolute Gasteiger partial charge is 0.326 e. The van der Waals surface area contributed by atoms with Gasteiger partial charge in [-0.3, -0.25) is 4.79 Å². The van der Waals surface area contributed by atoms with E-state index in [9.17, 15) is 9.18 Å². The zero-order valence-corrected chi connectivity index (χ0v) is 6.92. The van der Waals surface area contributed by atoms with Gasteiger partial charge in [0.05, 0.1) is 0 Å². The van der Waals surface area contributed by atoms with Gasteiger partial charge < -0.3 is 10.8 Å². The maximum Gasteiger partial charge on any atom is 0.326 e. The van der Waals surface area contributed by atoms with Gasteiger partial charge in [-0.2, -0.15) is 0 Å². The van der Waals surface area contributed by atoms with Gasteiger partial charge in [-0.05, 0) is 18.8 Å². The van der Waals surface area contributed by atoms with Gasteiger partial charge in [-0.15, -0.1) is 0 Å². The lowest BCUT2D eigenvalue weighted by molar-refractivity contribution is -0.146. The van der Waals surface area contributed by atoms with E-state index >= 15 is 0 Å². The molecule has 0 aromatic carbocycles. The van der Waals surface area contributed by atoms with Gasteiger partial charge in [0.1, 0.15) is 12.2 Å². The van der Waals surface area contributed by atoms with Crippen LogP contribution in [-0.4, -0.2) is 23.3 Å². The van der Waals surface area contributed by atoms with E-state index < -0.39 is 18.2 Å². The van der Waals surface area contributed by atoms with Crippen molar-refractivity contribution in [3.63, 3.8) is 0 Å². The van der Waals surface area contributed by atoms with Gasteiger partial charge in [-0.1, -0.05) is 12.8 Å². The molecule has 0 saturated heterocycles. The Labute approximate surface area is 70.7 Å². The number of carboxylic acid groups (broad SMARTS) is 1. The van der Waals surface area contributed by atoms with Crippen molar-refractivity contribution in [1.29, 1.82) is 0 Å². The number of alkyl halides is 1. The van der Waals surface area contributed by atoms with Crippen LogP contribution in [-0.2, 0) is 4.79 Å². The minimum atomic E-state index is -1.63. The molecule has 4 heteroatoms. The third-order valence-corrected chi connectivity index (χ3v) is 2.70. The molecular formula is C8H14FNO2. The van der Waals surface area contributed by atoms with Gasteiger partial charge in [0.25, 0.3) is 0 Å². The highest BCUT2D eigenvalue weighted by Crippen LogP contribution is 2.33. The zero-order valence-electron chi connectivity index (χ0n) is 6.92. The maximum absolute atomic E-state index is 12.4. The first-order valence-corrected chi connectivity index (χ1v) is 4.19. The first kappa shape index (κ1) is 9.45. The lowest BCUT2D eigenvalue weighted by Crippen LogP contribution is -2.55. The molecule has 0 bridgehead atoms. The fourth-order valence-electron chi connectivity index (χ4n) is 1.78. The molecule has 1 aliphatic carbocycles. The van der Waals surface area contributed by atoms with Crippen LogP contribution in [0.1, 0.15) is 25.7 Å². The number of rotatable bonds is 3. The summed E-state index contributed by atoms with van der Waals surface area (Å²) in [5.41, 5.74) is 3.84. The molecule has 3 N–H and O–H groups in total. The van der Waals surface area contributed by atoms with Crippen LogP contribution in [0.5, 0.6) is 0 Å². The number of aliphatic carboxylic acids is 1. The summed E-state index contributed by atoms with van der Waals surface area (Å²) < 4.78 is 12.4. The Morgan fingerprint density at radius 3 is 2.42 bits per heavy atom. The van der Waals surface area contributed by atoms with Gasteiger partial charge in [-0.25, -0.2) is 4.39 Å². The van der Waals surface area contributed by atoms with Crippen molar-refractivity contribution in [2.45, 2.75) is 31.2 Å². The Hall–Kier alpha value is -0.640. The summed E-state index contributed by atoms with van der Waals surface area (Å²) in [6.45, 7) is -0.965. The summed E-state index contributed by atoms with van der Waals surface area (Å²) in [6, 6.07) is 0. The van der Waals surface area contributed by atoms with E-state index in [4.69, 9.17) is 10.8 Å². The number of carbonyl (C=O) groups is 1. The lowest BCUT2D eigenvalue weighted by atomic mass is 9.85. The second-order valence-corrected chi connectivity index (χ2v) is 3.46. The van der Waals surface area contributed by atoms with Gasteiger partial charge in [0.15, 0.2) is 0 Å². The van der Waals surface area contributed by atoms with Crippen LogP contribution in [0.2, 0.25) is 0 Å². The lowest BCUT2D eigenvalue weighted by Gasteiger charge is -2.27. The molecule has 0 aromatic heterocycles. The summed E-state index contributed by atoms with van der Waals surface area (Å²) in [7, 11) is 0. The van der Waals surface area contributed by atoms with E-state index in [0.717, 1.165) is 25.7 Å². The van der Waals surface area contributed by atoms with Crippen molar-refractivity contribution in [3.05, 3.63) is 0 Å². The molecule has 0 aliphatic heterocycles. The van der Waals surface area contributed by atoms with Crippen LogP contribution in [0.15, 0.2) is 0 Å². The summed E-state index contributed by atoms with van der Waals surface area (Å²) >= 11 is 0. The van der Waals surface area contributed by atoms with Crippen molar-refractivity contribution >= 4 is 5.97 Å². The fraction of sp³-hybridized carbons (Fsp3) is 0.875. The van der Waals surface area contributed by atoms with Crippen LogP contribution in [0.3, 0.4) is 0 Å². The summed E-state index contributed by atoms with van der Waals surface area (Å²) in [5, 5.41) is 8.73. The molecule has 0 amide bonds. The number of hydrogen-bond acceptors (Lipinski definition) is 2. The Kier molecular flexibility index (Phi) is 2.67. The molecule has 1 aliphatic rings. The highest BCUT2D eigenvalue weighted by atomic mass is 19.1. The molecular weight excluding hydrogens is 161 g/mol.